The van der Waals surface area contributed by atoms with E-state index in [2.05, 4.69) is 5.16 Å². The van der Waals surface area contributed by atoms with Crippen molar-refractivity contribution in [3.8, 4) is 5.75 Å². The van der Waals surface area contributed by atoms with Gasteiger partial charge in [0.1, 0.15) is 12.4 Å². The highest BCUT2D eigenvalue weighted by atomic mass is 35.5. The molecule has 0 fully saturated rings. The molecule has 1 aromatic carbocycles. The SMILES string of the molecule is N/C(=N/O)c1c(Cl)cccc1OCC(F)F. The first-order chi connectivity index (χ1) is 7.56. The van der Waals surface area contributed by atoms with E-state index in [9.17, 15) is 8.78 Å². The number of hydrogen-bond acceptors (Lipinski definition) is 3. The summed E-state index contributed by atoms with van der Waals surface area (Å²) in [5.41, 5.74) is 5.44. The van der Waals surface area contributed by atoms with Gasteiger partial charge in [0.05, 0.1) is 10.6 Å². The van der Waals surface area contributed by atoms with Gasteiger partial charge in [0, 0.05) is 0 Å². The van der Waals surface area contributed by atoms with Crippen molar-refractivity contribution in [2.75, 3.05) is 6.61 Å². The van der Waals surface area contributed by atoms with Crippen molar-refractivity contribution < 1.29 is 18.7 Å². The summed E-state index contributed by atoms with van der Waals surface area (Å²) in [5.74, 6) is -0.252. The molecule has 0 aromatic heterocycles. The zero-order valence-electron chi connectivity index (χ0n) is 8.03. The maximum Gasteiger partial charge on any atom is 0.272 e. The second kappa shape index (κ2) is 5.50. The third-order valence-electron chi connectivity index (χ3n) is 1.70. The lowest BCUT2D eigenvalue weighted by Crippen LogP contribution is -2.17. The number of nitrogens with two attached hydrogens (primary N) is 1. The quantitative estimate of drug-likeness (QED) is 0.372. The Morgan fingerprint density at radius 2 is 2.25 bits per heavy atom. The second-order valence-corrected chi connectivity index (χ2v) is 3.21. The predicted octanol–water partition coefficient (Wildman–Crippen LogP) is 2.08. The number of ether oxygens (including phenoxy) is 1. The van der Waals surface area contributed by atoms with Crippen LogP contribution in [0.25, 0.3) is 0 Å². The highest BCUT2D eigenvalue weighted by molar-refractivity contribution is 6.34. The van der Waals surface area contributed by atoms with E-state index in [1.807, 2.05) is 0 Å². The lowest BCUT2D eigenvalue weighted by Gasteiger charge is -2.11. The van der Waals surface area contributed by atoms with E-state index < -0.39 is 13.0 Å². The van der Waals surface area contributed by atoms with E-state index in [-0.39, 0.29) is 22.2 Å². The Labute approximate surface area is 95.3 Å². The van der Waals surface area contributed by atoms with Crippen LogP contribution in [-0.4, -0.2) is 24.1 Å². The average molecular weight is 251 g/mol. The lowest BCUT2D eigenvalue weighted by molar-refractivity contribution is 0.0818. The third-order valence-corrected chi connectivity index (χ3v) is 2.02. The van der Waals surface area contributed by atoms with E-state index in [0.29, 0.717) is 0 Å². The summed E-state index contributed by atoms with van der Waals surface area (Å²) in [5, 5.41) is 11.4. The fraction of sp³-hybridized carbons (Fsp3) is 0.222. The van der Waals surface area contributed by atoms with E-state index in [1.165, 1.54) is 18.2 Å². The molecule has 4 nitrogen and oxygen atoms in total. The molecule has 16 heavy (non-hydrogen) atoms. The molecule has 7 heteroatoms. The number of alkyl halides is 2. The van der Waals surface area contributed by atoms with Crippen molar-refractivity contribution in [2.24, 2.45) is 10.9 Å². The van der Waals surface area contributed by atoms with Crippen LogP contribution in [0.15, 0.2) is 23.4 Å². The summed E-state index contributed by atoms with van der Waals surface area (Å²) in [7, 11) is 0. The highest BCUT2D eigenvalue weighted by Crippen LogP contribution is 2.26. The Morgan fingerprint density at radius 1 is 1.56 bits per heavy atom. The Morgan fingerprint density at radius 3 is 2.81 bits per heavy atom. The number of benzene rings is 1. The standard InChI is InChI=1S/C9H9ClF2N2O2/c10-5-2-1-3-6(16-4-7(11)12)8(5)9(13)14-15/h1-3,7,15H,4H2,(H2,13,14). The van der Waals surface area contributed by atoms with Gasteiger partial charge < -0.3 is 15.7 Å². The molecule has 0 radical (unpaired) electrons. The van der Waals surface area contributed by atoms with Crippen LogP contribution in [0.3, 0.4) is 0 Å². The van der Waals surface area contributed by atoms with Gasteiger partial charge in [-0.2, -0.15) is 0 Å². The Hall–Kier alpha value is -1.56. The second-order valence-electron chi connectivity index (χ2n) is 2.80. The summed E-state index contributed by atoms with van der Waals surface area (Å²) in [6, 6.07) is 4.39. The minimum absolute atomic E-state index is 0.0445. The van der Waals surface area contributed by atoms with Gasteiger partial charge in [0.2, 0.25) is 0 Å². The van der Waals surface area contributed by atoms with Crippen molar-refractivity contribution in [2.45, 2.75) is 6.43 Å². The van der Waals surface area contributed by atoms with Gasteiger partial charge >= 0.3 is 0 Å². The van der Waals surface area contributed by atoms with Crippen molar-refractivity contribution >= 4 is 17.4 Å². The van der Waals surface area contributed by atoms with Gasteiger partial charge in [-0.25, -0.2) is 8.78 Å². The van der Waals surface area contributed by atoms with Crippen LogP contribution in [0.1, 0.15) is 5.56 Å². The number of halogens is 3. The molecule has 3 N–H and O–H groups in total. The minimum atomic E-state index is -2.61. The van der Waals surface area contributed by atoms with E-state index in [4.69, 9.17) is 27.3 Å². The molecule has 0 aliphatic heterocycles. The number of nitrogens with zero attached hydrogens (tertiary/aromatic N) is 1. The van der Waals surface area contributed by atoms with Crippen molar-refractivity contribution in [1.29, 1.82) is 0 Å². The molecule has 0 atom stereocenters. The molecule has 0 saturated carbocycles. The summed E-state index contributed by atoms with van der Waals surface area (Å²) in [6.07, 6.45) is -2.61. The van der Waals surface area contributed by atoms with Crippen LogP contribution in [0.4, 0.5) is 8.78 Å². The molecular formula is C9H9ClF2N2O2. The van der Waals surface area contributed by atoms with Crippen molar-refractivity contribution in [3.05, 3.63) is 28.8 Å². The lowest BCUT2D eigenvalue weighted by atomic mass is 10.2. The first-order valence-electron chi connectivity index (χ1n) is 4.23. The fourth-order valence-electron chi connectivity index (χ4n) is 1.08. The zero-order valence-corrected chi connectivity index (χ0v) is 8.79. The average Bonchev–Trinajstić information content (AvgIpc) is 2.25. The summed E-state index contributed by atoms with van der Waals surface area (Å²) >= 11 is 5.78. The molecule has 0 bridgehead atoms. The van der Waals surface area contributed by atoms with Crippen LogP contribution in [-0.2, 0) is 0 Å². The van der Waals surface area contributed by atoms with Crippen LogP contribution in [0, 0.1) is 0 Å². The highest BCUT2D eigenvalue weighted by Gasteiger charge is 2.14. The first-order valence-corrected chi connectivity index (χ1v) is 4.61. The smallest absolute Gasteiger partial charge is 0.272 e. The molecule has 0 saturated heterocycles. The minimum Gasteiger partial charge on any atom is -0.487 e. The summed E-state index contributed by atoms with van der Waals surface area (Å²) < 4.78 is 28.7. The fourth-order valence-corrected chi connectivity index (χ4v) is 1.34. The van der Waals surface area contributed by atoms with E-state index >= 15 is 0 Å². The first kappa shape index (κ1) is 12.5. The molecule has 88 valence electrons. The van der Waals surface area contributed by atoms with Gasteiger partial charge in [0.15, 0.2) is 5.84 Å². The zero-order chi connectivity index (χ0) is 12.1. The molecule has 0 aliphatic carbocycles. The molecule has 0 aliphatic rings. The largest absolute Gasteiger partial charge is 0.487 e. The van der Waals surface area contributed by atoms with Gasteiger partial charge in [-0.1, -0.05) is 22.8 Å². The predicted molar refractivity (Wildman–Crippen MR) is 55.5 cm³/mol. The number of amidine groups is 1. The Kier molecular flexibility index (Phi) is 4.30. The van der Waals surface area contributed by atoms with Gasteiger partial charge in [0.25, 0.3) is 6.43 Å². The van der Waals surface area contributed by atoms with Crippen molar-refractivity contribution in [3.63, 3.8) is 0 Å². The van der Waals surface area contributed by atoms with Crippen LogP contribution < -0.4 is 10.5 Å². The molecule has 0 amide bonds. The molecule has 0 heterocycles. The molecular weight excluding hydrogens is 242 g/mol. The van der Waals surface area contributed by atoms with Crippen LogP contribution in [0.2, 0.25) is 5.02 Å². The molecule has 1 aromatic rings. The normalized spacial score (nSPS) is 11.9. The van der Waals surface area contributed by atoms with E-state index in [0.717, 1.165) is 0 Å². The molecule has 0 spiro atoms. The number of hydrogen-bond donors (Lipinski definition) is 2. The summed E-state index contributed by atoms with van der Waals surface area (Å²) in [6.45, 7) is -0.786. The Bertz CT molecular complexity index is 399. The maximum atomic E-state index is 12.0. The van der Waals surface area contributed by atoms with Crippen molar-refractivity contribution in [1.82, 2.24) is 0 Å². The van der Waals surface area contributed by atoms with Crippen LogP contribution >= 0.6 is 11.6 Å². The van der Waals surface area contributed by atoms with Crippen LogP contribution in [0.5, 0.6) is 5.75 Å². The Balaban J connectivity index is 3.03. The monoisotopic (exact) mass is 250 g/mol. The maximum absolute atomic E-state index is 12.0. The van der Waals surface area contributed by atoms with Gasteiger partial charge in [-0.05, 0) is 12.1 Å². The van der Waals surface area contributed by atoms with Gasteiger partial charge in [-0.15, -0.1) is 0 Å². The third kappa shape index (κ3) is 2.96. The number of rotatable bonds is 4. The summed E-state index contributed by atoms with van der Waals surface area (Å²) in [4.78, 5) is 0. The number of oxime groups is 1. The molecule has 1 rings (SSSR count). The van der Waals surface area contributed by atoms with Gasteiger partial charge in [-0.3, -0.25) is 0 Å². The topological polar surface area (TPSA) is 67.8 Å². The van der Waals surface area contributed by atoms with E-state index in [1.54, 1.807) is 0 Å². The molecule has 0 unspecified atom stereocenters.